The SMILES string of the molecule is Cc1cccc(N(c2ccccc2)c2cc3c4cc5ccccc5cc4sc3c3ccccc23)c1. The maximum atomic E-state index is 2.40. The van der Waals surface area contributed by atoms with Crippen molar-refractivity contribution in [3.05, 3.63) is 127 Å². The number of fused-ring (bicyclic) bond motifs is 6. The molecule has 1 heterocycles. The van der Waals surface area contributed by atoms with Gasteiger partial charge in [-0.3, -0.25) is 0 Å². The number of aryl methyl sites for hydroxylation is 1. The first kappa shape index (κ1) is 20.3. The lowest BCUT2D eigenvalue weighted by Crippen LogP contribution is -2.10. The van der Waals surface area contributed by atoms with Gasteiger partial charge in [-0.1, -0.05) is 78.9 Å². The first-order valence-corrected chi connectivity index (χ1v) is 12.8. The molecule has 0 N–H and O–H groups in total. The predicted octanol–water partition coefficient (Wildman–Crippen LogP) is 10.1. The van der Waals surface area contributed by atoms with E-state index in [-0.39, 0.29) is 0 Å². The van der Waals surface area contributed by atoms with Crippen molar-refractivity contribution in [3.8, 4) is 0 Å². The minimum atomic E-state index is 1.16. The zero-order chi connectivity index (χ0) is 23.4. The summed E-state index contributed by atoms with van der Waals surface area (Å²) in [6.07, 6.45) is 0. The molecule has 0 bridgehead atoms. The van der Waals surface area contributed by atoms with Crippen LogP contribution in [-0.2, 0) is 0 Å². The Hall–Kier alpha value is -4.14. The van der Waals surface area contributed by atoms with Gasteiger partial charge in [0.05, 0.1) is 5.69 Å². The normalized spacial score (nSPS) is 11.6. The van der Waals surface area contributed by atoms with Crippen molar-refractivity contribution in [1.29, 1.82) is 0 Å². The van der Waals surface area contributed by atoms with Crippen molar-refractivity contribution >= 4 is 70.1 Å². The summed E-state index contributed by atoms with van der Waals surface area (Å²) in [5.41, 5.74) is 4.79. The second-order valence-electron chi connectivity index (χ2n) is 9.13. The minimum absolute atomic E-state index is 1.16. The Morgan fingerprint density at radius 2 is 1.20 bits per heavy atom. The Labute approximate surface area is 208 Å². The van der Waals surface area contributed by atoms with Gasteiger partial charge in [0.1, 0.15) is 0 Å². The third-order valence-electron chi connectivity index (χ3n) is 6.84. The van der Waals surface area contributed by atoms with Crippen LogP contribution >= 0.6 is 11.3 Å². The van der Waals surface area contributed by atoms with E-state index in [1.807, 2.05) is 11.3 Å². The van der Waals surface area contributed by atoms with Crippen molar-refractivity contribution in [2.24, 2.45) is 0 Å². The molecule has 0 amide bonds. The summed E-state index contributed by atoms with van der Waals surface area (Å²) < 4.78 is 2.69. The van der Waals surface area contributed by atoms with Gasteiger partial charge >= 0.3 is 0 Å². The molecule has 7 rings (SSSR count). The molecule has 0 fully saturated rings. The molecule has 0 radical (unpaired) electrons. The van der Waals surface area contributed by atoms with E-state index in [0.717, 1.165) is 5.69 Å². The maximum absolute atomic E-state index is 2.40. The Kier molecular flexibility index (Phi) is 4.61. The number of anilines is 3. The highest BCUT2D eigenvalue weighted by Crippen LogP contribution is 2.46. The number of nitrogens with zero attached hydrogens (tertiary/aromatic N) is 1. The second-order valence-corrected chi connectivity index (χ2v) is 10.2. The highest BCUT2D eigenvalue weighted by atomic mass is 32.1. The molecule has 7 aromatic rings. The fourth-order valence-electron chi connectivity index (χ4n) is 5.22. The van der Waals surface area contributed by atoms with E-state index in [4.69, 9.17) is 0 Å². The molecule has 166 valence electrons. The number of hydrogen-bond donors (Lipinski definition) is 0. The Morgan fingerprint density at radius 3 is 2.00 bits per heavy atom. The Morgan fingerprint density at radius 1 is 0.514 bits per heavy atom. The van der Waals surface area contributed by atoms with E-state index in [0.29, 0.717) is 0 Å². The summed E-state index contributed by atoms with van der Waals surface area (Å²) in [5.74, 6) is 0. The minimum Gasteiger partial charge on any atom is -0.310 e. The average molecular weight is 466 g/mol. The molecule has 0 aliphatic rings. The van der Waals surface area contributed by atoms with E-state index in [9.17, 15) is 0 Å². The largest absolute Gasteiger partial charge is 0.310 e. The van der Waals surface area contributed by atoms with Crippen LogP contribution in [-0.4, -0.2) is 0 Å². The van der Waals surface area contributed by atoms with Crippen molar-refractivity contribution in [3.63, 3.8) is 0 Å². The van der Waals surface area contributed by atoms with Gasteiger partial charge in [-0.15, -0.1) is 11.3 Å². The van der Waals surface area contributed by atoms with Crippen LogP contribution in [0.1, 0.15) is 5.56 Å². The van der Waals surface area contributed by atoms with Crippen LogP contribution in [0.2, 0.25) is 0 Å². The molecule has 0 spiro atoms. The van der Waals surface area contributed by atoms with Gasteiger partial charge in [-0.05, 0) is 65.7 Å². The molecule has 0 atom stereocenters. The lowest BCUT2D eigenvalue weighted by atomic mass is 10.0. The van der Waals surface area contributed by atoms with Crippen LogP contribution in [0.4, 0.5) is 17.1 Å². The molecule has 0 aliphatic carbocycles. The molecular formula is C33H23NS. The van der Waals surface area contributed by atoms with Crippen LogP contribution in [0.3, 0.4) is 0 Å². The van der Waals surface area contributed by atoms with Gasteiger partial charge in [0.25, 0.3) is 0 Å². The monoisotopic (exact) mass is 465 g/mol. The van der Waals surface area contributed by atoms with Gasteiger partial charge < -0.3 is 4.90 Å². The summed E-state index contributed by atoms with van der Waals surface area (Å²) in [6.45, 7) is 2.16. The van der Waals surface area contributed by atoms with Crippen LogP contribution < -0.4 is 4.90 Å². The zero-order valence-corrected chi connectivity index (χ0v) is 20.2. The number of hydrogen-bond acceptors (Lipinski definition) is 2. The quantitative estimate of drug-likeness (QED) is 0.251. The first-order valence-electron chi connectivity index (χ1n) is 11.9. The predicted molar refractivity (Wildman–Crippen MR) is 154 cm³/mol. The summed E-state index contributed by atoms with van der Waals surface area (Å²) in [5, 5.41) is 7.79. The summed E-state index contributed by atoms with van der Waals surface area (Å²) in [4.78, 5) is 2.40. The van der Waals surface area contributed by atoms with Crippen LogP contribution in [0.15, 0.2) is 121 Å². The van der Waals surface area contributed by atoms with Crippen LogP contribution in [0, 0.1) is 6.92 Å². The summed E-state index contributed by atoms with van der Waals surface area (Å²) >= 11 is 1.90. The number of thiophene rings is 1. The Bertz CT molecular complexity index is 1860. The number of para-hydroxylation sites is 1. The van der Waals surface area contributed by atoms with Crippen LogP contribution in [0.5, 0.6) is 0 Å². The molecule has 0 saturated carbocycles. The third kappa shape index (κ3) is 3.30. The highest BCUT2D eigenvalue weighted by Gasteiger charge is 2.19. The third-order valence-corrected chi connectivity index (χ3v) is 8.04. The molecular weight excluding hydrogens is 442 g/mol. The van der Waals surface area contributed by atoms with E-state index in [1.54, 1.807) is 0 Å². The average Bonchev–Trinajstić information content (AvgIpc) is 3.26. The van der Waals surface area contributed by atoms with Crippen LogP contribution in [0.25, 0.3) is 41.7 Å². The van der Waals surface area contributed by atoms with Crippen molar-refractivity contribution < 1.29 is 0 Å². The smallest absolute Gasteiger partial charge is 0.0547 e. The number of benzene rings is 6. The van der Waals surface area contributed by atoms with Gasteiger partial charge in [-0.25, -0.2) is 0 Å². The zero-order valence-electron chi connectivity index (χ0n) is 19.4. The lowest BCUT2D eigenvalue weighted by Gasteiger charge is -2.27. The van der Waals surface area contributed by atoms with Crippen molar-refractivity contribution in [1.82, 2.24) is 0 Å². The van der Waals surface area contributed by atoms with Crippen molar-refractivity contribution in [2.75, 3.05) is 4.90 Å². The van der Waals surface area contributed by atoms with Crippen molar-refractivity contribution in [2.45, 2.75) is 6.92 Å². The molecule has 0 saturated heterocycles. The van der Waals surface area contributed by atoms with Gasteiger partial charge in [-0.2, -0.15) is 0 Å². The topological polar surface area (TPSA) is 3.24 Å². The highest BCUT2D eigenvalue weighted by molar-refractivity contribution is 7.26. The maximum Gasteiger partial charge on any atom is 0.0547 e. The summed E-state index contributed by atoms with van der Waals surface area (Å²) in [6, 6.07) is 44.1. The molecule has 2 heteroatoms. The standard InChI is InChI=1S/C33H23NS/c1-22-10-9-15-26(18-22)34(25-13-3-2-4-14-25)31-21-30-29-19-23-11-5-6-12-24(23)20-32(29)35-33(30)28-17-8-7-16-27(28)31/h2-21H,1H3. The molecule has 1 aromatic heterocycles. The first-order chi connectivity index (χ1) is 17.3. The second kappa shape index (κ2) is 7.97. The molecule has 35 heavy (non-hydrogen) atoms. The molecule has 0 unspecified atom stereocenters. The fraction of sp³-hybridized carbons (Fsp3) is 0.0303. The summed E-state index contributed by atoms with van der Waals surface area (Å²) in [7, 11) is 0. The Balaban J connectivity index is 1.61. The molecule has 0 aliphatic heterocycles. The molecule has 6 aromatic carbocycles. The molecule has 1 nitrogen and oxygen atoms in total. The fourth-order valence-corrected chi connectivity index (χ4v) is 6.47. The van der Waals surface area contributed by atoms with E-state index in [1.165, 1.54) is 58.7 Å². The van der Waals surface area contributed by atoms with E-state index >= 15 is 0 Å². The van der Waals surface area contributed by atoms with Gasteiger partial charge in [0.2, 0.25) is 0 Å². The van der Waals surface area contributed by atoms with Gasteiger partial charge in [0, 0.05) is 42.3 Å². The number of rotatable bonds is 3. The van der Waals surface area contributed by atoms with E-state index < -0.39 is 0 Å². The van der Waals surface area contributed by atoms with Gasteiger partial charge in [0.15, 0.2) is 0 Å². The van der Waals surface area contributed by atoms with E-state index in [2.05, 4.69) is 133 Å². The lowest BCUT2D eigenvalue weighted by molar-refractivity contribution is 1.29.